The molecule has 178 valence electrons. The Morgan fingerprint density at radius 3 is 2.38 bits per heavy atom. The summed E-state index contributed by atoms with van der Waals surface area (Å²) in [6.07, 6.45) is 2.60. The number of carbonyl (C=O) groups is 1. The highest BCUT2D eigenvalue weighted by molar-refractivity contribution is 14.0. The lowest BCUT2D eigenvalue weighted by molar-refractivity contribution is -0.384. The molecule has 0 radical (unpaired) electrons. The van der Waals surface area contributed by atoms with Crippen LogP contribution in [0.5, 0.6) is 0 Å². The Balaban J connectivity index is 0.00000363. The molecule has 10 heteroatoms. The normalized spacial score (nSPS) is 18.6. The van der Waals surface area contributed by atoms with Crippen molar-refractivity contribution in [3.05, 3.63) is 39.9 Å². The molecule has 2 fully saturated rings. The zero-order valence-electron chi connectivity index (χ0n) is 18.9. The molecule has 0 bridgehead atoms. The van der Waals surface area contributed by atoms with Gasteiger partial charge in [-0.1, -0.05) is 19.1 Å². The van der Waals surface area contributed by atoms with Crippen molar-refractivity contribution >= 4 is 41.5 Å². The van der Waals surface area contributed by atoms with E-state index in [1.165, 1.54) is 12.1 Å². The molecule has 1 unspecified atom stereocenters. The number of rotatable bonds is 6. The number of ether oxygens (including phenoxy) is 1. The number of morpholine rings is 1. The molecule has 2 saturated heterocycles. The third-order valence-electron chi connectivity index (χ3n) is 6.01. The van der Waals surface area contributed by atoms with Gasteiger partial charge in [0, 0.05) is 50.3 Å². The smallest absolute Gasteiger partial charge is 0.269 e. The van der Waals surface area contributed by atoms with Crippen molar-refractivity contribution < 1.29 is 14.5 Å². The van der Waals surface area contributed by atoms with E-state index in [1.54, 1.807) is 12.1 Å². The van der Waals surface area contributed by atoms with Crippen LogP contribution in [-0.2, 0) is 16.1 Å². The number of hydrogen-bond acceptors (Lipinski definition) is 5. The lowest BCUT2D eigenvalue weighted by atomic mass is 9.95. The lowest BCUT2D eigenvalue weighted by Crippen LogP contribution is -2.51. The number of amides is 1. The molecule has 1 atom stereocenters. The van der Waals surface area contributed by atoms with E-state index in [-0.39, 0.29) is 47.5 Å². The maximum Gasteiger partial charge on any atom is 0.269 e. The van der Waals surface area contributed by atoms with E-state index < -0.39 is 4.92 Å². The average molecular weight is 559 g/mol. The van der Waals surface area contributed by atoms with Crippen molar-refractivity contribution in [2.45, 2.75) is 45.7 Å². The monoisotopic (exact) mass is 559 g/mol. The van der Waals surface area contributed by atoms with Crippen molar-refractivity contribution in [1.29, 1.82) is 0 Å². The van der Waals surface area contributed by atoms with Crippen LogP contribution in [0.25, 0.3) is 0 Å². The van der Waals surface area contributed by atoms with E-state index in [1.807, 2.05) is 4.90 Å². The van der Waals surface area contributed by atoms with Crippen LogP contribution in [-0.4, -0.2) is 72.0 Å². The van der Waals surface area contributed by atoms with Crippen LogP contribution >= 0.6 is 24.0 Å². The number of nitrogens with one attached hydrogen (secondary N) is 1. The molecule has 2 aliphatic heterocycles. The Morgan fingerprint density at radius 1 is 1.19 bits per heavy atom. The number of nitro benzene ring substituents is 1. The van der Waals surface area contributed by atoms with Gasteiger partial charge in [0.25, 0.3) is 5.69 Å². The van der Waals surface area contributed by atoms with Crippen LogP contribution in [0, 0.1) is 16.0 Å². The van der Waals surface area contributed by atoms with Gasteiger partial charge in [0.05, 0.1) is 24.7 Å². The van der Waals surface area contributed by atoms with Crippen LogP contribution in [0.1, 0.15) is 38.7 Å². The number of nitro groups is 1. The van der Waals surface area contributed by atoms with Gasteiger partial charge in [0.1, 0.15) is 0 Å². The quantitative estimate of drug-likeness (QED) is 0.189. The topological polar surface area (TPSA) is 100 Å². The van der Waals surface area contributed by atoms with E-state index >= 15 is 0 Å². The maximum absolute atomic E-state index is 12.8. The molecule has 2 aliphatic rings. The molecule has 1 aromatic carbocycles. The first-order valence-electron chi connectivity index (χ1n) is 11.1. The summed E-state index contributed by atoms with van der Waals surface area (Å²) in [5.74, 6) is 1.15. The van der Waals surface area contributed by atoms with Gasteiger partial charge < -0.3 is 19.9 Å². The molecule has 32 heavy (non-hydrogen) atoms. The van der Waals surface area contributed by atoms with Crippen molar-refractivity contribution in [2.24, 2.45) is 10.9 Å². The maximum atomic E-state index is 12.8. The summed E-state index contributed by atoms with van der Waals surface area (Å²) in [4.78, 5) is 32.2. The fourth-order valence-electron chi connectivity index (χ4n) is 3.83. The number of non-ortho nitro benzene ring substituents is 1. The zero-order chi connectivity index (χ0) is 22.2. The Hall–Kier alpha value is -1.95. The summed E-state index contributed by atoms with van der Waals surface area (Å²) >= 11 is 0. The SMILES string of the molecule is CCC(C)NC(=NCc1ccc([N+](=O)[O-])cc1)N1CCC(C(=O)N2CCOCC2)CC1.I. The first-order chi connectivity index (χ1) is 15.0. The van der Waals surface area contributed by atoms with Crippen LogP contribution in [0.15, 0.2) is 29.3 Å². The number of guanidine groups is 1. The van der Waals surface area contributed by atoms with Crippen molar-refractivity contribution in [3.8, 4) is 0 Å². The Labute approximate surface area is 206 Å². The highest BCUT2D eigenvalue weighted by Gasteiger charge is 2.30. The van der Waals surface area contributed by atoms with Crippen LogP contribution in [0.3, 0.4) is 0 Å². The minimum absolute atomic E-state index is 0. The molecular formula is C22H34IN5O4. The first-order valence-corrected chi connectivity index (χ1v) is 11.1. The minimum atomic E-state index is -0.398. The van der Waals surface area contributed by atoms with Gasteiger partial charge in [-0.3, -0.25) is 14.9 Å². The van der Waals surface area contributed by atoms with Gasteiger partial charge in [-0.2, -0.15) is 0 Å². The van der Waals surface area contributed by atoms with E-state index in [2.05, 4.69) is 24.1 Å². The van der Waals surface area contributed by atoms with Gasteiger partial charge in [-0.05, 0) is 31.7 Å². The fraction of sp³-hybridized carbons (Fsp3) is 0.636. The summed E-state index contributed by atoms with van der Waals surface area (Å²) in [7, 11) is 0. The number of carbonyl (C=O) groups excluding carboxylic acids is 1. The summed E-state index contributed by atoms with van der Waals surface area (Å²) in [5.41, 5.74) is 1.00. The predicted octanol–water partition coefficient (Wildman–Crippen LogP) is 3.03. The summed E-state index contributed by atoms with van der Waals surface area (Å²) < 4.78 is 5.36. The molecule has 1 amide bonds. The molecular weight excluding hydrogens is 525 g/mol. The van der Waals surface area contributed by atoms with Gasteiger partial charge in [-0.25, -0.2) is 4.99 Å². The molecule has 1 N–H and O–H groups in total. The predicted molar refractivity (Wildman–Crippen MR) is 134 cm³/mol. The van der Waals surface area contributed by atoms with E-state index in [9.17, 15) is 14.9 Å². The summed E-state index contributed by atoms with van der Waals surface area (Å²) in [5, 5.41) is 14.3. The number of nitrogens with zero attached hydrogens (tertiary/aromatic N) is 4. The molecule has 2 heterocycles. The molecule has 0 aliphatic carbocycles. The number of likely N-dealkylation sites (tertiary alicyclic amines) is 1. The molecule has 0 saturated carbocycles. The van der Waals surface area contributed by atoms with E-state index in [0.717, 1.165) is 43.9 Å². The van der Waals surface area contributed by atoms with Crippen LogP contribution < -0.4 is 5.32 Å². The molecule has 9 nitrogen and oxygen atoms in total. The Kier molecular flexibility index (Phi) is 10.6. The van der Waals surface area contributed by atoms with Crippen LogP contribution in [0.2, 0.25) is 0 Å². The van der Waals surface area contributed by atoms with Crippen molar-refractivity contribution in [2.75, 3.05) is 39.4 Å². The number of halogens is 1. The number of piperidine rings is 1. The Morgan fingerprint density at radius 2 is 1.81 bits per heavy atom. The molecule has 0 aromatic heterocycles. The average Bonchev–Trinajstić information content (AvgIpc) is 2.82. The Bertz CT molecular complexity index is 775. The van der Waals surface area contributed by atoms with Crippen molar-refractivity contribution in [3.63, 3.8) is 0 Å². The molecule has 0 spiro atoms. The third-order valence-corrected chi connectivity index (χ3v) is 6.01. The highest BCUT2D eigenvalue weighted by atomic mass is 127. The van der Waals surface area contributed by atoms with Crippen LogP contribution in [0.4, 0.5) is 5.69 Å². The second-order valence-electron chi connectivity index (χ2n) is 8.22. The fourth-order valence-corrected chi connectivity index (χ4v) is 3.83. The third kappa shape index (κ3) is 7.29. The van der Waals surface area contributed by atoms with Crippen molar-refractivity contribution in [1.82, 2.24) is 15.1 Å². The van der Waals surface area contributed by atoms with Gasteiger partial charge in [0.2, 0.25) is 5.91 Å². The summed E-state index contributed by atoms with van der Waals surface area (Å²) in [6, 6.07) is 6.79. The molecule has 1 aromatic rings. The van der Waals surface area contributed by atoms with Gasteiger partial charge in [-0.15, -0.1) is 24.0 Å². The van der Waals surface area contributed by atoms with Gasteiger partial charge >= 0.3 is 0 Å². The standard InChI is InChI=1S/C22H33N5O4.HI/c1-3-17(2)24-22(23-16-18-4-6-20(7-5-18)27(29)30)26-10-8-19(9-11-26)21(28)25-12-14-31-15-13-25;/h4-7,17,19H,3,8-16H2,1-2H3,(H,23,24);1H. The van der Waals surface area contributed by atoms with Gasteiger partial charge in [0.15, 0.2) is 5.96 Å². The minimum Gasteiger partial charge on any atom is -0.378 e. The first kappa shape index (κ1) is 26.3. The van der Waals surface area contributed by atoms with E-state index in [0.29, 0.717) is 32.8 Å². The second kappa shape index (κ2) is 12.9. The lowest BCUT2D eigenvalue weighted by Gasteiger charge is -2.37. The number of benzene rings is 1. The second-order valence-corrected chi connectivity index (χ2v) is 8.22. The number of aliphatic imine (C=N–C) groups is 1. The highest BCUT2D eigenvalue weighted by Crippen LogP contribution is 2.21. The summed E-state index contributed by atoms with van der Waals surface area (Å²) in [6.45, 7) is 8.89. The largest absolute Gasteiger partial charge is 0.378 e. The van der Waals surface area contributed by atoms with E-state index in [4.69, 9.17) is 9.73 Å². The zero-order valence-corrected chi connectivity index (χ0v) is 21.2. The molecule has 3 rings (SSSR count). The number of hydrogen-bond donors (Lipinski definition) is 1.